The van der Waals surface area contributed by atoms with Gasteiger partial charge < -0.3 is 33.9 Å². The van der Waals surface area contributed by atoms with Crippen LogP contribution in [-0.4, -0.2) is 102 Å². The van der Waals surface area contributed by atoms with Gasteiger partial charge in [-0.25, -0.2) is 0 Å². The third-order valence-corrected chi connectivity index (χ3v) is 16.9. The van der Waals surface area contributed by atoms with Crippen molar-refractivity contribution >= 4 is 5.97 Å². The molecule has 3 heterocycles. The van der Waals surface area contributed by atoms with Crippen LogP contribution in [0.2, 0.25) is 0 Å². The molecule has 8 unspecified atom stereocenters. The normalized spacial score (nSPS) is 51.3. The van der Waals surface area contributed by atoms with Crippen molar-refractivity contribution in [1.82, 2.24) is 4.90 Å². The minimum absolute atomic E-state index is 0.0504. The first kappa shape index (κ1) is 35.2. The highest BCUT2D eigenvalue weighted by Gasteiger charge is 2.84. The molecular weight excluding hydrogens is 622 g/mol. The van der Waals surface area contributed by atoms with Crippen LogP contribution in [0, 0.1) is 50.7 Å². The second-order valence-electron chi connectivity index (χ2n) is 19.6. The Kier molecular flexibility index (Phi) is 8.34. The molecule has 0 radical (unpaired) electrons. The maximum atomic E-state index is 12.6. The number of fused-ring (bicyclic) bond motifs is 4. The number of morpholine rings is 1. The number of hydrogen-bond donors (Lipinski definition) is 2. The quantitative estimate of drug-likeness (QED) is 0.344. The average Bonchev–Trinajstić information content (AvgIpc) is 3.64. The highest BCUT2D eigenvalue weighted by molar-refractivity contribution is 5.69. The zero-order valence-electron chi connectivity index (χ0n) is 31.5. The van der Waals surface area contributed by atoms with Crippen LogP contribution in [0.3, 0.4) is 0 Å². The predicted molar refractivity (Wildman–Crippen MR) is 183 cm³/mol. The van der Waals surface area contributed by atoms with Gasteiger partial charge in [0.1, 0.15) is 0 Å². The van der Waals surface area contributed by atoms with Gasteiger partial charge >= 0.3 is 5.97 Å². The van der Waals surface area contributed by atoms with E-state index in [4.69, 9.17) is 23.7 Å². The second kappa shape index (κ2) is 11.6. The SMILES string of the molecule is CCC(=O)OC(C1C[C@@H](C)[C@H]2C(O1)[C@H](O)[C@@]1(C)C3CC[C@H]4C(C)(C)C(O[C@H]5CN(C6COC6)CCO5)CCC45CC35CCC21C)C(C)(C)O. The standard InChI is InChI=1S/C40H65NO8/c1-9-29(42)49-34(36(5,6)44)25-18-23(2)31-32(47-25)33(43)38(8)27-11-10-26-35(3,4)28(48-30-19-41(16-17-46-30)24-20-45-21-24)12-13-39(26)22-40(27,39)15-14-37(31,38)7/h23-28,30-34,43-44H,9-22H2,1-8H3/t23-,25?,26+,27?,28?,30+,31+,32?,33+,34?,37?,38-,39?,40?/m1/s1. The molecule has 49 heavy (non-hydrogen) atoms. The van der Waals surface area contributed by atoms with Gasteiger partial charge in [0.2, 0.25) is 0 Å². The van der Waals surface area contributed by atoms with Crippen LogP contribution in [0.25, 0.3) is 0 Å². The number of aliphatic hydroxyl groups is 2. The van der Waals surface area contributed by atoms with Crippen molar-refractivity contribution in [2.24, 2.45) is 50.7 Å². The zero-order chi connectivity index (χ0) is 34.9. The van der Waals surface area contributed by atoms with Gasteiger partial charge in [0.05, 0.1) is 62.4 Å². The lowest BCUT2D eigenvalue weighted by atomic mass is 9.41. The Bertz CT molecular complexity index is 1300. The van der Waals surface area contributed by atoms with E-state index in [-0.39, 0.29) is 64.4 Å². The van der Waals surface area contributed by atoms with Crippen LogP contribution in [-0.2, 0) is 28.5 Å². The van der Waals surface area contributed by atoms with E-state index in [9.17, 15) is 15.0 Å². The molecule has 5 aliphatic carbocycles. The Hall–Kier alpha value is -0.810. The summed E-state index contributed by atoms with van der Waals surface area (Å²) in [7, 11) is 0. The largest absolute Gasteiger partial charge is 0.457 e. The summed E-state index contributed by atoms with van der Waals surface area (Å²) in [5.41, 5.74) is -0.949. The monoisotopic (exact) mass is 687 g/mol. The van der Waals surface area contributed by atoms with E-state index in [0.717, 1.165) is 52.2 Å². The van der Waals surface area contributed by atoms with E-state index < -0.39 is 23.9 Å². The first-order valence-corrected chi connectivity index (χ1v) is 19.9. The molecule has 2 spiro atoms. The lowest BCUT2D eigenvalue weighted by Gasteiger charge is -2.64. The van der Waals surface area contributed by atoms with Crippen LogP contribution in [0.5, 0.6) is 0 Å². The van der Waals surface area contributed by atoms with E-state index in [2.05, 4.69) is 39.5 Å². The van der Waals surface area contributed by atoms with Gasteiger partial charge in [0.15, 0.2) is 12.4 Å². The van der Waals surface area contributed by atoms with Gasteiger partial charge in [-0.1, -0.05) is 41.5 Å². The van der Waals surface area contributed by atoms with Crippen molar-refractivity contribution in [3.8, 4) is 0 Å². The number of carbonyl (C=O) groups is 1. The third-order valence-electron chi connectivity index (χ3n) is 16.9. The summed E-state index contributed by atoms with van der Waals surface area (Å²) in [5.74, 6) is 1.21. The molecule has 278 valence electrons. The number of hydrogen-bond acceptors (Lipinski definition) is 9. The smallest absolute Gasteiger partial charge is 0.305 e. The molecule has 0 aromatic heterocycles. The number of rotatable bonds is 7. The molecule has 0 aromatic carbocycles. The average molecular weight is 688 g/mol. The summed E-state index contributed by atoms with van der Waals surface area (Å²) in [5, 5.41) is 23.8. The molecule has 9 heteroatoms. The van der Waals surface area contributed by atoms with E-state index >= 15 is 0 Å². The van der Waals surface area contributed by atoms with Crippen molar-refractivity contribution in [2.45, 2.75) is 162 Å². The second-order valence-corrected chi connectivity index (χ2v) is 19.6. The Labute approximate surface area is 294 Å². The number of nitrogens with zero attached hydrogens (tertiary/aromatic N) is 1. The van der Waals surface area contributed by atoms with E-state index in [0.29, 0.717) is 29.7 Å². The summed E-state index contributed by atoms with van der Waals surface area (Å²) in [4.78, 5) is 15.0. The van der Waals surface area contributed by atoms with Crippen molar-refractivity contribution in [3.63, 3.8) is 0 Å². The fourth-order valence-electron chi connectivity index (χ4n) is 14.3. The molecular formula is C40H65NO8. The Morgan fingerprint density at radius 3 is 2.43 bits per heavy atom. The maximum absolute atomic E-state index is 12.6. The zero-order valence-corrected chi connectivity index (χ0v) is 31.5. The van der Waals surface area contributed by atoms with Crippen molar-refractivity contribution in [1.29, 1.82) is 0 Å². The number of aliphatic hydroxyl groups excluding tert-OH is 1. The molecule has 2 N–H and O–H groups in total. The minimum atomic E-state index is -1.25. The molecule has 8 fully saturated rings. The van der Waals surface area contributed by atoms with Crippen LogP contribution in [0.15, 0.2) is 0 Å². The fraction of sp³-hybridized carbons (Fsp3) is 0.975. The Balaban J connectivity index is 1.02. The Morgan fingerprint density at radius 1 is 1.04 bits per heavy atom. The minimum Gasteiger partial charge on any atom is -0.457 e. The number of esters is 1. The summed E-state index contributed by atoms with van der Waals surface area (Å²) in [6.45, 7) is 21.5. The first-order valence-electron chi connectivity index (χ1n) is 19.9. The van der Waals surface area contributed by atoms with Crippen molar-refractivity contribution in [3.05, 3.63) is 0 Å². The van der Waals surface area contributed by atoms with E-state index in [1.54, 1.807) is 20.8 Å². The molecule has 8 aliphatic rings. The highest BCUT2D eigenvalue weighted by atomic mass is 16.7. The lowest BCUT2D eigenvalue weighted by Crippen LogP contribution is -2.60. The molecule has 0 amide bonds. The van der Waals surface area contributed by atoms with Gasteiger partial charge in [-0.3, -0.25) is 9.69 Å². The van der Waals surface area contributed by atoms with Crippen molar-refractivity contribution in [2.75, 3.05) is 32.9 Å². The number of carbonyl (C=O) groups excluding carboxylic acids is 1. The topological polar surface area (TPSA) is 107 Å². The van der Waals surface area contributed by atoms with Gasteiger partial charge in [-0.15, -0.1) is 0 Å². The maximum Gasteiger partial charge on any atom is 0.305 e. The van der Waals surface area contributed by atoms with Gasteiger partial charge in [0, 0.05) is 18.4 Å². The molecule has 3 saturated heterocycles. The van der Waals surface area contributed by atoms with E-state index in [1.165, 1.54) is 25.7 Å². The molecule has 5 saturated carbocycles. The summed E-state index contributed by atoms with van der Waals surface area (Å²) in [6.07, 6.45) is 7.02. The molecule has 9 nitrogen and oxygen atoms in total. The number of ether oxygens (including phenoxy) is 5. The van der Waals surface area contributed by atoms with Crippen LogP contribution in [0.1, 0.15) is 113 Å². The van der Waals surface area contributed by atoms with Gasteiger partial charge in [-0.05, 0) is 111 Å². The summed E-state index contributed by atoms with van der Waals surface area (Å²) in [6, 6.07) is 0.508. The summed E-state index contributed by atoms with van der Waals surface area (Å²) >= 11 is 0. The molecule has 0 aromatic rings. The first-order chi connectivity index (χ1) is 23.0. The fourth-order valence-corrected chi connectivity index (χ4v) is 14.3. The van der Waals surface area contributed by atoms with Gasteiger partial charge in [0.25, 0.3) is 0 Å². The molecule has 14 atom stereocenters. The van der Waals surface area contributed by atoms with Crippen LogP contribution < -0.4 is 0 Å². The third kappa shape index (κ3) is 4.83. The van der Waals surface area contributed by atoms with E-state index in [1.807, 2.05) is 0 Å². The van der Waals surface area contributed by atoms with Crippen LogP contribution in [0.4, 0.5) is 0 Å². The summed E-state index contributed by atoms with van der Waals surface area (Å²) < 4.78 is 31.3. The van der Waals surface area contributed by atoms with Gasteiger partial charge in [-0.2, -0.15) is 0 Å². The molecule has 3 aliphatic heterocycles. The van der Waals surface area contributed by atoms with Crippen molar-refractivity contribution < 1.29 is 38.7 Å². The molecule has 8 rings (SSSR count). The van der Waals surface area contributed by atoms with Crippen LogP contribution >= 0.6 is 0 Å². The molecule has 0 bridgehead atoms. The highest BCUT2D eigenvalue weighted by Crippen LogP contribution is 2.89. The predicted octanol–water partition coefficient (Wildman–Crippen LogP) is 5.33. The lowest BCUT2D eigenvalue weighted by molar-refractivity contribution is -0.256. The Morgan fingerprint density at radius 2 is 1.76 bits per heavy atom.